The van der Waals surface area contributed by atoms with E-state index in [1.54, 1.807) is 0 Å². The number of aliphatic hydroxyl groups excluding tert-OH is 2. The van der Waals surface area contributed by atoms with E-state index in [1.165, 1.54) is 96.3 Å². The maximum absolute atomic E-state index is 13.1. The third-order valence-electron chi connectivity index (χ3n) is 11.0. The zero-order chi connectivity index (χ0) is 43.8. The van der Waals surface area contributed by atoms with E-state index in [0.717, 1.165) is 83.5 Å². The quantitative estimate of drug-likeness (QED) is 0.0323. The van der Waals surface area contributed by atoms with Gasteiger partial charge in [-0.25, -0.2) is 0 Å². The minimum absolute atomic E-state index is 0.0343. The van der Waals surface area contributed by atoms with Crippen molar-refractivity contribution < 1.29 is 24.5 Å². The zero-order valence-corrected chi connectivity index (χ0v) is 39.3. The largest absolute Gasteiger partial charge is 0.462 e. The fraction of sp³-hybridized carbons (Fsp3) is 0.741. The average molecular weight is 838 g/mol. The van der Waals surface area contributed by atoms with E-state index in [4.69, 9.17) is 4.74 Å². The standard InChI is InChI=1S/C54H95NO5/c1-4-7-10-13-16-19-21-23-25-27-29-31-34-37-40-43-46-52(57)51(49-56)55-53(58)48-50(45-42-39-36-33-18-15-12-9-6-3)60-54(59)47-44-41-38-35-32-30-28-26-24-22-20-17-14-11-8-5-2/h8,11,15,17-18,20,24,26,30,32,38,41,50-52,56-57H,4-7,9-10,12-14,16,19,21-23,25,27-29,31,33-37,39-40,42-49H2,1-3H3,(H,55,58)/b11-8+,18-15-,20-17+,26-24+,32-30+,41-38+. The molecule has 346 valence electrons. The lowest BCUT2D eigenvalue weighted by molar-refractivity contribution is -0.150. The molecule has 0 spiro atoms. The van der Waals surface area contributed by atoms with Crippen LogP contribution in [-0.4, -0.2) is 46.9 Å². The van der Waals surface area contributed by atoms with Crippen molar-refractivity contribution in [3.8, 4) is 0 Å². The minimum atomic E-state index is -0.805. The monoisotopic (exact) mass is 838 g/mol. The van der Waals surface area contributed by atoms with Gasteiger partial charge in [-0.05, 0) is 77.0 Å². The molecule has 0 aromatic rings. The first-order valence-electron chi connectivity index (χ1n) is 25.2. The van der Waals surface area contributed by atoms with Gasteiger partial charge in [0.15, 0.2) is 0 Å². The summed E-state index contributed by atoms with van der Waals surface area (Å²) >= 11 is 0. The Morgan fingerprint density at radius 2 is 0.917 bits per heavy atom. The van der Waals surface area contributed by atoms with E-state index in [9.17, 15) is 19.8 Å². The average Bonchev–Trinajstić information content (AvgIpc) is 3.24. The first-order chi connectivity index (χ1) is 29.5. The van der Waals surface area contributed by atoms with E-state index in [0.29, 0.717) is 19.3 Å². The van der Waals surface area contributed by atoms with Crippen LogP contribution in [0.3, 0.4) is 0 Å². The lowest BCUT2D eigenvalue weighted by atomic mass is 10.0. The number of aliphatic hydroxyl groups is 2. The summed E-state index contributed by atoms with van der Waals surface area (Å²) in [4.78, 5) is 26.0. The van der Waals surface area contributed by atoms with Gasteiger partial charge in [-0.2, -0.15) is 0 Å². The Morgan fingerprint density at radius 3 is 1.42 bits per heavy atom. The molecule has 3 N–H and O–H groups in total. The van der Waals surface area contributed by atoms with Crippen LogP contribution in [0.4, 0.5) is 0 Å². The van der Waals surface area contributed by atoms with E-state index < -0.39 is 18.2 Å². The predicted octanol–water partition coefficient (Wildman–Crippen LogP) is 15.0. The van der Waals surface area contributed by atoms with Crippen molar-refractivity contribution in [2.75, 3.05) is 6.61 Å². The van der Waals surface area contributed by atoms with Gasteiger partial charge in [-0.15, -0.1) is 0 Å². The molecule has 3 unspecified atom stereocenters. The number of hydrogen-bond acceptors (Lipinski definition) is 5. The van der Waals surface area contributed by atoms with Crippen LogP contribution < -0.4 is 5.32 Å². The summed E-state index contributed by atoms with van der Waals surface area (Å²) in [5.74, 6) is -0.593. The molecule has 3 atom stereocenters. The van der Waals surface area contributed by atoms with Crippen LogP contribution in [0.25, 0.3) is 0 Å². The summed E-state index contributed by atoms with van der Waals surface area (Å²) < 4.78 is 5.85. The van der Waals surface area contributed by atoms with Crippen molar-refractivity contribution in [2.24, 2.45) is 0 Å². The summed E-state index contributed by atoms with van der Waals surface area (Å²) in [5.41, 5.74) is 0. The molecule has 0 bridgehead atoms. The van der Waals surface area contributed by atoms with Crippen molar-refractivity contribution in [1.29, 1.82) is 0 Å². The second-order valence-corrected chi connectivity index (χ2v) is 16.8. The molecule has 0 aromatic carbocycles. The maximum Gasteiger partial charge on any atom is 0.306 e. The van der Waals surface area contributed by atoms with Gasteiger partial charge in [0.1, 0.15) is 6.10 Å². The Bertz CT molecular complexity index is 1120. The zero-order valence-electron chi connectivity index (χ0n) is 39.3. The number of rotatable bonds is 44. The van der Waals surface area contributed by atoms with Gasteiger partial charge in [0.2, 0.25) is 5.91 Å². The molecule has 0 aliphatic rings. The Labute approximate surface area is 371 Å². The molecule has 0 aliphatic heterocycles. The van der Waals surface area contributed by atoms with Gasteiger partial charge >= 0.3 is 5.97 Å². The molecule has 0 aliphatic carbocycles. The van der Waals surface area contributed by atoms with Gasteiger partial charge < -0.3 is 20.3 Å². The lowest BCUT2D eigenvalue weighted by Gasteiger charge is -2.24. The number of allylic oxidation sites excluding steroid dienone is 12. The number of carbonyl (C=O) groups excluding carboxylic acids is 2. The van der Waals surface area contributed by atoms with Gasteiger partial charge in [-0.3, -0.25) is 9.59 Å². The second-order valence-electron chi connectivity index (χ2n) is 16.8. The van der Waals surface area contributed by atoms with Crippen LogP contribution in [-0.2, 0) is 14.3 Å². The third-order valence-corrected chi connectivity index (χ3v) is 11.0. The van der Waals surface area contributed by atoms with Crippen molar-refractivity contribution in [2.45, 2.75) is 251 Å². The van der Waals surface area contributed by atoms with Crippen molar-refractivity contribution in [3.63, 3.8) is 0 Å². The van der Waals surface area contributed by atoms with Crippen LogP contribution in [0.1, 0.15) is 233 Å². The Balaban J connectivity index is 4.56. The van der Waals surface area contributed by atoms with Crippen molar-refractivity contribution in [1.82, 2.24) is 5.32 Å². The number of nitrogens with one attached hydrogen (secondary N) is 1. The molecule has 1 amide bonds. The van der Waals surface area contributed by atoms with E-state index in [-0.39, 0.29) is 31.3 Å². The number of amides is 1. The van der Waals surface area contributed by atoms with Crippen LogP contribution in [0.5, 0.6) is 0 Å². The SMILES string of the molecule is CC/C=C/C/C=C/C/C=C/C/C=C/C/C=C/CCC(=O)OC(CCCCC/C=C\CCCC)CC(=O)NC(CO)C(O)CCCCCCCCCCCCCCCCCC. The topological polar surface area (TPSA) is 95.9 Å². The molecular weight excluding hydrogens is 743 g/mol. The summed E-state index contributed by atoms with van der Waals surface area (Å²) in [6.07, 6.45) is 59.8. The molecule has 0 radical (unpaired) electrons. The molecule has 60 heavy (non-hydrogen) atoms. The maximum atomic E-state index is 13.1. The summed E-state index contributed by atoms with van der Waals surface area (Å²) in [7, 11) is 0. The smallest absolute Gasteiger partial charge is 0.306 e. The van der Waals surface area contributed by atoms with Gasteiger partial charge in [0, 0.05) is 6.42 Å². The fourth-order valence-electron chi connectivity index (χ4n) is 7.22. The lowest BCUT2D eigenvalue weighted by Crippen LogP contribution is -2.46. The van der Waals surface area contributed by atoms with Crippen LogP contribution in [0, 0.1) is 0 Å². The van der Waals surface area contributed by atoms with Crippen LogP contribution >= 0.6 is 0 Å². The number of unbranched alkanes of at least 4 members (excludes halogenated alkanes) is 20. The van der Waals surface area contributed by atoms with Gasteiger partial charge in [-0.1, -0.05) is 216 Å². The summed E-state index contributed by atoms with van der Waals surface area (Å²) in [5, 5.41) is 23.7. The Morgan fingerprint density at radius 1 is 0.500 bits per heavy atom. The second kappa shape index (κ2) is 47.4. The molecule has 6 nitrogen and oxygen atoms in total. The first kappa shape index (κ1) is 57.3. The van der Waals surface area contributed by atoms with Crippen LogP contribution in [0.2, 0.25) is 0 Å². The van der Waals surface area contributed by atoms with E-state index in [1.807, 2.05) is 6.08 Å². The number of carbonyl (C=O) groups is 2. The summed E-state index contributed by atoms with van der Waals surface area (Å²) in [6, 6.07) is -0.722. The van der Waals surface area contributed by atoms with Crippen molar-refractivity contribution >= 4 is 11.9 Å². The molecule has 6 heteroatoms. The van der Waals surface area contributed by atoms with Gasteiger partial charge in [0.25, 0.3) is 0 Å². The molecule has 0 saturated carbocycles. The van der Waals surface area contributed by atoms with Gasteiger partial charge in [0.05, 0.1) is 25.2 Å². The normalized spacial score (nSPS) is 13.9. The highest BCUT2D eigenvalue weighted by molar-refractivity contribution is 5.77. The van der Waals surface area contributed by atoms with Crippen molar-refractivity contribution in [3.05, 3.63) is 72.9 Å². The Kier molecular flexibility index (Phi) is 45.2. The molecule has 0 saturated heterocycles. The number of esters is 1. The minimum Gasteiger partial charge on any atom is -0.462 e. The highest BCUT2D eigenvalue weighted by atomic mass is 16.5. The summed E-state index contributed by atoms with van der Waals surface area (Å²) in [6.45, 7) is 6.30. The molecule has 0 heterocycles. The highest BCUT2D eigenvalue weighted by Gasteiger charge is 2.24. The third kappa shape index (κ3) is 42.0. The molecule has 0 fully saturated rings. The van der Waals surface area contributed by atoms with E-state index in [2.05, 4.69) is 92.9 Å². The number of ether oxygens (including phenoxy) is 1. The predicted molar refractivity (Wildman–Crippen MR) is 259 cm³/mol. The Hall–Kier alpha value is -2.70. The molecule has 0 aromatic heterocycles. The number of hydrogen-bond donors (Lipinski definition) is 3. The highest BCUT2D eigenvalue weighted by Crippen LogP contribution is 2.17. The fourth-order valence-corrected chi connectivity index (χ4v) is 7.22. The molecular formula is C54H95NO5. The van der Waals surface area contributed by atoms with Crippen LogP contribution in [0.15, 0.2) is 72.9 Å². The van der Waals surface area contributed by atoms with E-state index >= 15 is 0 Å². The molecule has 0 rings (SSSR count). The first-order valence-corrected chi connectivity index (χ1v) is 25.2.